The number of aryl methyl sites for hydroxylation is 2. The number of hydrogen-bond acceptors (Lipinski definition) is 5. The zero-order valence-electron chi connectivity index (χ0n) is 18.4. The molecule has 1 aromatic heterocycles. The van der Waals surface area contributed by atoms with E-state index in [1.165, 1.54) is 12.1 Å². The normalized spacial score (nSPS) is 12.7. The predicted octanol–water partition coefficient (Wildman–Crippen LogP) is 3.67. The molecule has 0 fully saturated rings. The zero-order valence-corrected chi connectivity index (χ0v) is 19.2. The van der Waals surface area contributed by atoms with Gasteiger partial charge >= 0.3 is 5.97 Å². The van der Waals surface area contributed by atoms with Crippen LogP contribution in [0, 0.1) is 25.6 Å². The van der Waals surface area contributed by atoms with Gasteiger partial charge in [-0.3, -0.25) is 4.79 Å². The molecule has 170 valence electrons. The van der Waals surface area contributed by atoms with E-state index in [9.17, 15) is 17.6 Å². The summed E-state index contributed by atoms with van der Waals surface area (Å²) in [5.41, 5.74) is 3.54. The SMILES string of the molecule is Cc1cc(C)n(-c2ccc(COC(=O)[C@@H](NS(=O)(=O)c3ccccc3F)C(C)C)cc2)n1. The summed E-state index contributed by atoms with van der Waals surface area (Å²) in [6.07, 6.45) is 0. The van der Waals surface area contributed by atoms with E-state index < -0.39 is 38.7 Å². The number of hydrogen-bond donors (Lipinski definition) is 1. The summed E-state index contributed by atoms with van der Waals surface area (Å²) >= 11 is 0. The van der Waals surface area contributed by atoms with Crippen molar-refractivity contribution in [2.45, 2.75) is 45.2 Å². The van der Waals surface area contributed by atoms with E-state index >= 15 is 0 Å². The first-order valence-corrected chi connectivity index (χ1v) is 11.6. The number of carbonyl (C=O) groups is 1. The Hall–Kier alpha value is -3.04. The smallest absolute Gasteiger partial charge is 0.324 e. The molecular weight excluding hydrogens is 433 g/mol. The van der Waals surface area contributed by atoms with Gasteiger partial charge in [-0.25, -0.2) is 17.5 Å². The molecule has 0 saturated heterocycles. The minimum absolute atomic E-state index is 0.0269. The van der Waals surface area contributed by atoms with E-state index in [1.54, 1.807) is 13.8 Å². The number of sulfonamides is 1. The van der Waals surface area contributed by atoms with Gasteiger partial charge in [0.2, 0.25) is 10.0 Å². The summed E-state index contributed by atoms with van der Waals surface area (Å²) in [5, 5.41) is 4.43. The molecule has 0 spiro atoms. The highest BCUT2D eigenvalue weighted by Gasteiger charge is 2.31. The van der Waals surface area contributed by atoms with Crippen LogP contribution in [0.4, 0.5) is 4.39 Å². The molecule has 0 aliphatic carbocycles. The molecule has 1 atom stereocenters. The van der Waals surface area contributed by atoms with E-state index in [1.807, 2.05) is 48.9 Å². The highest BCUT2D eigenvalue weighted by atomic mass is 32.2. The van der Waals surface area contributed by atoms with Gasteiger partial charge in [0.05, 0.1) is 11.4 Å². The fraction of sp³-hybridized carbons (Fsp3) is 0.304. The Balaban J connectivity index is 1.68. The molecule has 0 amide bonds. The quantitative estimate of drug-likeness (QED) is 0.519. The second-order valence-electron chi connectivity index (χ2n) is 7.89. The van der Waals surface area contributed by atoms with Crippen LogP contribution in [0.5, 0.6) is 0 Å². The maximum Gasteiger partial charge on any atom is 0.324 e. The van der Waals surface area contributed by atoms with Crippen LogP contribution in [-0.2, 0) is 26.2 Å². The van der Waals surface area contributed by atoms with Crippen LogP contribution in [0.2, 0.25) is 0 Å². The van der Waals surface area contributed by atoms with Gasteiger partial charge in [-0.2, -0.15) is 9.82 Å². The zero-order chi connectivity index (χ0) is 23.5. The number of aromatic nitrogens is 2. The highest BCUT2D eigenvalue weighted by Crippen LogP contribution is 2.17. The third-order valence-electron chi connectivity index (χ3n) is 4.90. The molecular formula is C23H26FN3O4S. The van der Waals surface area contributed by atoms with Crippen molar-refractivity contribution in [2.24, 2.45) is 5.92 Å². The van der Waals surface area contributed by atoms with Crippen LogP contribution < -0.4 is 4.72 Å². The minimum Gasteiger partial charge on any atom is -0.460 e. The number of esters is 1. The van der Waals surface area contributed by atoms with Crippen LogP contribution in [0.3, 0.4) is 0 Å². The van der Waals surface area contributed by atoms with Crippen molar-refractivity contribution in [3.05, 3.63) is 77.4 Å². The van der Waals surface area contributed by atoms with Gasteiger partial charge in [-0.15, -0.1) is 0 Å². The lowest BCUT2D eigenvalue weighted by molar-refractivity contribution is -0.148. The van der Waals surface area contributed by atoms with Crippen molar-refractivity contribution < 1.29 is 22.3 Å². The molecule has 0 saturated carbocycles. The predicted molar refractivity (Wildman–Crippen MR) is 118 cm³/mol. The fourth-order valence-corrected chi connectivity index (χ4v) is 4.63. The molecule has 3 aromatic rings. The van der Waals surface area contributed by atoms with E-state index in [-0.39, 0.29) is 6.61 Å². The van der Waals surface area contributed by atoms with Gasteiger partial charge in [0.1, 0.15) is 23.4 Å². The molecule has 0 unspecified atom stereocenters. The highest BCUT2D eigenvalue weighted by molar-refractivity contribution is 7.89. The van der Waals surface area contributed by atoms with Gasteiger partial charge in [-0.1, -0.05) is 38.1 Å². The maximum absolute atomic E-state index is 13.9. The number of carbonyl (C=O) groups excluding carboxylic acids is 1. The third kappa shape index (κ3) is 5.41. The largest absolute Gasteiger partial charge is 0.460 e. The third-order valence-corrected chi connectivity index (χ3v) is 6.37. The maximum atomic E-state index is 13.9. The van der Waals surface area contributed by atoms with Crippen LogP contribution >= 0.6 is 0 Å². The van der Waals surface area contributed by atoms with Crippen LogP contribution in [-0.4, -0.2) is 30.2 Å². The average Bonchev–Trinajstić information content (AvgIpc) is 3.08. The topological polar surface area (TPSA) is 90.3 Å². The lowest BCUT2D eigenvalue weighted by atomic mass is 10.1. The molecule has 0 aliphatic rings. The van der Waals surface area contributed by atoms with Crippen molar-refractivity contribution >= 4 is 16.0 Å². The van der Waals surface area contributed by atoms with Crippen molar-refractivity contribution in [1.29, 1.82) is 0 Å². The second-order valence-corrected chi connectivity index (χ2v) is 9.57. The van der Waals surface area contributed by atoms with E-state index in [0.29, 0.717) is 0 Å². The van der Waals surface area contributed by atoms with Crippen molar-refractivity contribution in [3.63, 3.8) is 0 Å². The molecule has 0 bridgehead atoms. The summed E-state index contributed by atoms with van der Waals surface area (Å²) < 4.78 is 48.6. The van der Waals surface area contributed by atoms with Gasteiger partial charge in [0.25, 0.3) is 0 Å². The standard InChI is InChI=1S/C23H26FN3O4S/c1-15(2)22(26-32(29,30)21-8-6-5-7-20(21)24)23(28)31-14-18-9-11-19(12-10-18)27-17(4)13-16(3)25-27/h5-13,15,22,26H,14H2,1-4H3/t22-/m0/s1. The number of ether oxygens (including phenoxy) is 1. The number of benzene rings is 2. The van der Waals surface area contributed by atoms with Gasteiger partial charge < -0.3 is 4.74 Å². The second kappa shape index (κ2) is 9.62. The first-order valence-electron chi connectivity index (χ1n) is 10.1. The Bertz CT molecular complexity index is 1200. The van der Waals surface area contributed by atoms with Gasteiger partial charge in [0, 0.05) is 5.69 Å². The lowest BCUT2D eigenvalue weighted by Crippen LogP contribution is -2.45. The Labute approximate surface area is 187 Å². The Morgan fingerprint density at radius 3 is 2.34 bits per heavy atom. The first-order chi connectivity index (χ1) is 15.1. The first kappa shape index (κ1) is 23.6. The van der Waals surface area contributed by atoms with Crippen molar-refractivity contribution in [1.82, 2.24) is 14.5 Å². The molecule has 0 aliphatic heterocycles. The molecule has 0 radical (unpaired) electrons. The molecule has 2 aromatic carbocycles. The fourth-order valence-electron chi connectivity index (χ4n) is 3.22. The summed E-state index contributed by atoms with van der Waals surface area (Å²) in [6, 6.07) is 13.2. The Kier molecular flexibility index (Phi) is 7.10. The monoisotopic (exact) mass is 459 g/mol. The summed E-state index contributed by atoms with van der Waals surface area (Å²) in [4.78, 5) is 12.1. The van der Waals surface area contributed by atoms with Gasteiger partial charge in [-0.05, 0) is 55.7 Å². The van der Waals surface area contributed by atoms with Gasteiger partial charge in [0.15, 0.2) is 0 Å². The number of nitrogens with one attached hydrogen (secondary N) is 1. The van der Waals surface area contributed by atoms with E-state index in [4.69, 9.17) is 4.74 Å². The average molecular weight is 460 g/mol. The van der Waals surface area contributed by atoms with Crippen LogP contribution in [0.1, 0.15) is 30.8 Å². The Morgan fingerprint density at radius 2 is 1.78 bits per heavy atom. The Morgan fingerprint density at radius 1 is 1.12 bits per heavy atom. The van der Waals surface area contributed by atoms with Crippen LogP contribution in [0.25, 0.3) is 5.69 Å². The van der Waals surface area contributed by atoms with Crippen molar-refractivity contribution in [2.75, 3.05) is 0 Å². The molecule has 7 nitrogen and oxygen atoms in total. The number of rotatable bonds is 8. The van der Waals surface area contributed by atoms with Crippen LogP contribution in [0.15, 0.2) is 59.5 Å². The molecule has 3 rings (SSSR count). The molecule has 1 heterocycles. The summed E-state index contributed by atoms with van der Waals surface area (Å²) in [6.45, 7) is 7.21. The van der Waals surface area contributed by atoms with E-state index in [2.05, 4.69) is 9.82 Å². The van der Waals surface area contributed by atoms with Crippen molar-refractivity contribution in [3.8, 4) is 5.69 Å². The summed E-state index contributed by atoms with van der Waals surface area (Å²) in [5.74, 6) is -2.03. The molecule has 1 N–H and O–H groups in total. The van der Waals surface area contributed by atoms with E-state index in [0.717, 1.165) is 34.8 Å². The molecule has 32 heavy (non-hydrogen) atoms. The molecule has 9 heteroatoms. The minimum atomic E-state index is -4.24. The number of halogens is 1. The lowest BCUT2D eigenvalue weighted by Gasteiger charge is -2.21. The summed E-state index contributed by atoms with van der Waals surface area (Å²) in [7, 11) is -4.24. The number of nitrogens with zero attached hydrogens (tertiary/aromatic N) is 2.